The van der Waals surface area contributed by atoms with E-state index in [1.807, 2.05) is 7.05 Å². The number of likely N-dealkylation sites (N-methyl/N-ethyl adjacent to an activating group) is 1. The van der Waals surface area contributed by atoms with E-state index in [0.29, 0.717) is 6.04 Å². The van der Waals surface area contributed by atoms with Crippen molar-refractivity contribution < 1.29 is 0 Å². The standard InChI is InChI=1S/C7H11NS2/c1-5(2)6-4-10-7(9)8(6)3/h6H,1,4H2,2-3H3. The molecule has 1 fully saturated rings. The van der Waals surface area contributed by atoms with Crippen molar-refractivity contribution in [3.63, 3.8) is 0 Å². The Morgan fingerprint density at radius 3 is 2.70 bits per heavy atom. The smallest absolute Gasteiger partial charge is 0.136 e. The Balaban J connectivity index is 2.66. The van der Waals surface area contributed by atoms with E-state index < -0.39 is 0 Å². The van der Waals surface area contributed by atoms with Gasteiger partial charge in [-0.05, 0) is 6.92 Å². The van der Waals surface area contributed by atoms with Crippen molar-refractivity contribution in [2.24, 2.45) is 0 Å². The molecule has 1 nitrogen and oxygen atoms in total. The van der Waals surface area contributed by atoms with E-state index in [2.05, 4.69) is 18.4 Å². The van der Waals surface area contributed by atoms with Crippen LogP contribution >= 0.6 is 24.0 Å². The maximum absolute atomic E-state index is 5.09. The molecule has 0 radical (unpaired) electrons. The number of thiocarbonyl (C=S) groups is 1. The van der Waals surface area contributed by atoms with Gasteiger partial charge in [-0.3, -0.25) is 0 Å². The lowest BCUT2D eigenvalue weighted by atomic mass is 10.2. The predicted molar refractivity (Wildman–Crippen MR) is 51.4 cm³/mol. The summed E-state index contributed by atoms with van der Waals surface area (Å²) in [4.78, 5) is 2.11. The molecule has 0 aromatic carbocycles. The highest BCUT2D eigenvalue weighted by molar-refractivity contribution is 8.23. The summed E-state index contributed by atoms with van der Waals surface area (Å²) >= 11 is 6.82. The molecule has 0 bridgehead atoms. The zero-order valence-electron chi connectivity index (χ0n) is 6.26. The van der Waals surface area contributed by atoms with Crippen molar-refractivity contribution in [2.45, 2.75) is 13.0 Å². The fraction of sp³-hybridized carbons (Fsp3) is 0.571. The zero-order valence-corrected chi connectivity index (χ0v) is 7.89. The molecule has 0 saturated carbocycles. The van der Waals surface area contributed by atoms with E-state index in [1.165, 1.54) is 5.57 Å². The SMILES string of the molecule is C=C(C)C1CSC(=S)N1C. The van der Waals surface area contributed by atoms with Gasteiger partial charge in [-0.15, -0.1) is 0 Å². The van der Waals surface area contributed by atoms with Gasteiger partial charge in [0.1, 0.15) is 4.32 Å². The molecule has 0 amide bonds. The fourth-order valence-electron chi connectivity index (χ4n) is 0.964. The van der Waals surface area contributed by atoms with Gasteiger partial charge in [0.15, 0.2) is 0 Å². The minimum absolute atomic E-state index is 0.470. The maximum atomic E-state index is 5.09. The Hall–Kier alpha value is -0.0200. The first-order valence-corrected chi connectivity index (χ1v) is 4.57. The lowest BCUT2D eigenvalue weighted by Gasteiger charge is -2.19. The van der Waals surface area contributed by atoms with Gasteiger partial charge < -0.3 is 4.90 Å². The zero-order chi connectivity index (χ0) is 7.72. The molecule has 1 aliphatic rings. The Morgan fingerprint density at radius 1 is 1.90 bits per heavy atom. The highest BCUT2D eigenvalue weighted by atomic mass is 32.2. The van der Waals surface area contributed by atoms with Gasteiger partial charge >= 0.3 is 0 Å². The molecule has 1 atom stereocenters. The molecule has 1 unspecified atom stereocenters. The largest absolute Gasteiger partial charge is 0.353 e. The van der Waals surface area contributed by atoms with Gasteiger partial charge in [-0.25, -0.2) is 0 Å². The lowest BCUT2D eigenvalue weighted by molar-refractivity contribution is 0.468. The predicted octanol–water partition coefficient (Wildman–Crippen LogP) is 1.89. The van der Waals surface area contributed by atoms with Crippen LogP contribution in [-0.2, 0) is 0 Å². The van der Waals surface area contributed by atoms with Crippen LogP contribution in [0.4, 0.5) is 0 Å². The number of hydrogen-bond donors (Lipinski definition) is 0. The van der Waals surface area contributed by atoms with Crippen molar-refractivity contribution in [1.29, 1.82) is 0 Å². The van der Waals surface area contributed by atoms with Gasteiger partial charge in [0, 0.05) is 12.8 Å². The number of thioether (sulfide) groups is 1. The van der Waals surface area contributed by atoms with E-state index in [-0.39, 0.29) is 0 Å². The van der Waals surface area contributed by atoms with Crippen LogP contribution in [-0.4, -0.2) is 28.1 Å². The van der Waals surface area contributed by atoms with Gasteiger partial charge in [0.2, 0.25) is 0 Å². The van der Waals surface area contributed by atoms with Crippen molar-refractivity contribution in [3.8, 4) is 0 Å². The maximum Gasteiger partial charge on any atom is 0.136 e. The molecule has 1 rings (SSSR count). The summed E-state index contributed by atoms with van der Waals surface area (Å²) in [5.74, 6) is 1.07. The first kappa shape index (κ1) is 8.08. The van der Waals surface area contributed by atoms with Crippen LogP contribution in [0.25, 0.3) is 0 Å². The van der Waals surface area contributed by atoms with Crippen LogP contribution in [0, 0.1) is 0 Å². The minimum Gasteiger partial charge on any atom is -0.353 e. The second kappa shape index (κ2) is 2.93. The van der Waals surface area contributed by atoms with E-state index in [9.17, 15) is 0 Å². The molecule has 0 aliphatic carbocycles. The van der Waals surface area contributed by atoms with Gasteiger partial charge in [0.25, 0.3) is 0 Å². The molecular formula is C7H11NS2. The van der Waals surface area contributed by atoms with Gasteiger partial charge in [0.05, 0.1) is 6.04 Å². The molecule has 0 N–H and O–H groups in total. The average molecular weight is 173 g/mol. The van der Waals surface area contributed by atoms with E-state index in [4.69, 9.17) is 12.2 Å². The third-order valence-electron chi connectivity index (χ3n) is 1.69. The highest BCUT2D eigenvalue weighted by Crippen LogP contribution is 2.25. The molecular weight excluding hydrogens is 162 g/mol. The molecule has 56 valence electrons. The van der Waals surface area contributed by atoms with E-state index in [0.717, 1.165) is 10.1 Å². The molecule has 1 aliphatic heterocycles. The summed E-state index contributed by atoms with van der Waals surface area (Å²) in [6.45, 7) is 5.96. The van der Waals surface area contributed by atoms with Crippen LogP contribution in [0.3, 0.4) is 0 Å². The first-order valence-electron chi connectivity index (χ1n) is 3.18. The highest BCUT2D eigenvalue weighted by Gasteiger charge is 2.25. The summed E-state index contributed by atoms with van der Waals surface area (Å²) in [6, 6.07) is 0.470. The molecule has 0 aromatic rings. The summed E-state index contributed by atoms with van der Waals surface area (Å²) in [5, 5.41) is 0. The Labute approximate surface area is 71.5 Å². The Bertz CT molecular complexity index is 176. The number of hydrogen-bond acceptors (Lipinski definition) is 2. The second-order valence-electron chi connectivity index (χ2n) is 2.55. The molecule has 10 heavy (non-hydrogen) atoms. The summed E-state index contributed by atoms with van der Waals surface area (Å²) in [5.41, 5.74) is 1.20. The van der Waals surface area contributed by atoms with Crippen LogP contribution < -0.4 is 0 Å². The van der Waals surface area contributed by atoms with Crippen LogP contribution in [0.1, 0.15) is 6.92 Å². The molecule has 1 heterocycles. The monoisotopic (exact) mass is 173 g/mol. The third kappa shape index (κ3) is 1.35. The van der Waals surface area contributed by atoms with Crippen molar-refractivity contribution in [3.05, 3.63) is 12.2 Å². The quantitative estimate of drug-likeness (QED) is 0.440. The fourth-order valence-corrected chi connectivity index (χ4v) is 2.43. The third-order valence-corrected chi connectivity index (χ3v) is 3.35. The lowest BCUT2D eigenvalue weighted by Crippen LogP contribution is -2.29. The number of nitrogens with zero attached hydrogens (tertiary/aromatic N) is 1. The van der Waals surface area contributed by atoms with Crippen LogP contribution in [0.2, 0.25) is 0 Å². The summed E-state index contributed by atoms with van der Waals surface area (Å²) in [7, 11) is 2.03. The number of rotatable bonds is 1. The van der Waals surface area contributed by atoms with E-state index >= 15 is 0 Å². The summed E-state index contributed by atoms with van der Waals surface area (Å²) < 4.78 is 0.994. The summed E-state index contributed by atoms with van der Waals surface area (Å²) in [6.07, 6.45) is 0. The van der Waals surface area contributed by atoms with Gasteiger partial charge in [-0.2, -0.15) is 0 Å². The Kier molecular flexibility index (Phi) is 2.36. The van der Waals surface area contributed by atoms with Crippen molar-refractivity contribution in [1.82, 2.24) is 4.90 Å². The van der Waals surface area contributed by atoms with Crippen molar-refractivity contribution in [2.75, 3.05) is 12.8 Å². The van der Waals surface area contributed by atoms with Gasteiger partial charge in [-0.1, -0.05) is 36.1 Å². The second-order valence-corrected chi connectivity index (χ2v) is 4.20. The van der Waals surface area contributed by atoms with Crippen LogP contribution in [0.5, 0.6) is 0 Å². The van der Waals surface area contributed by atoms with E-state index in [1.54, 1.807) is 11.8 Å². The topological polar surface area (TPSA) is 3.24 Å². The Morgan fingerprint density at radius 2 is 2.50 bits per heavy atom. The molecule has 3 heteroatoms. The first-order chi connectivity index (χ1) is 4.63. The molecule has 0 aromatic heterocycles. The molecule has 1 saturated heterocycles. The van der Waals surface area contributed by atoms with Crippen molar-refractivity contribution >= 4 is 28.3 Å². The van der Waals surface area contributed by atoms with Crippen LogP contribution in [0.15, 0.2) is 12.2 Å². The average Bonchev–Trinajstić information content (AvgIpc) is 2.14. The molecule has 0 spiro atoms. The minimum atomic E-state index is 0.470. The normalized spacial score (nSPS) is 25.6.